The van der Waals surface area contributed by atoms with Crippen molar-refractivity contribution >= 4 is 50.7 Å². The molecule has 2 aromatic rings. The summed E-state index contributed by atoms with van der Waals surface area (Å²) in [6.07, 6.45) is -4.15. The average Bonchev–Trinajstić information content (AvgIpc) is 2.98. The molecule has 1 aliphatic heterocycles. The van der Waals surface area contributed by atoms with Crippen LogP contribution < -0.4 is 0 Å². The van der Waals surface area contributed by atoms with Gasteiger partial charge in [0.2, 0.25) is 0 Å². The lowest BCUT2D eigenvalue weighted by Crippen LogP contribution is -2.58. The fourth-order valence-electron chi connectivity index (χ4n) is 6.72. The third-order valence-corrected chi connectivity index (χ3v) is 9.80. The monoisotopic (exact) mass is 699 g/mol. The minimum atomic E-state index is -3.92. The van der Waals surface area contributed by atoms with Crippen molar-refractivity contribution in [3.05, 3.63) is 57.6 Å². The van der Waals surface area contributed by atoms with Crippen LogP contribution in [0, 0.1) is 0 Å². The highest BCUT2D eigenvalue weighted by Crippen LogP contribution is 2.52. The SMILES string of the molecule is CC(=O)[C@]1(O)Cc2c(O)c3c(c(O)c2[C@@H](O[C@H]2C[C@H](N(CCCl)CCCl)[C@H](OS(C)(=O)=O)[C@H](C)O2)C1)C(=O)c1ccccc1C3=O. The molecule has 0 radical (unpaired) electrons. The maximum absolute atomic E-state index is 13.6. The van der Waals surface area contributed by atoms with Crippen LogP contribution in [0.4, 0.5) is 0 Å². The molecule has 1 saturated heterocycles. The van der Waals surface area contributed by atoms with Gasteiger partial charge in [0.25, 0.3) is 10.1 Å². The van der Waals surface area contributed by atoms with Crippen LogP contribution in [0.1, 0.15) is 75.8 Å². The van der Waals surface area contributed by atoms with Crippen LogP contribution in [0.3, 0.4) is 0 Å². The number of carbonyl (C=O) groups excluding carboxylic acids is 3. The average molecular weight is 701 g/mol. The number of fused-ring (bicyclic) bond motifs is 3. The van der Waals surface area contributed by atoms with E-state index >= 15 is 0 Å². The van der Waals surface area contributed by atoms with E-state index in [0.29, 0.717) is 13.1 Å². The molecule has 0 amide bonds. The number of benzene rings is 2. The van der Waals surface area contributed by atoms with Crippen LogP contribution >= 0.6 is 23.2 Å². The molecule has 12 nitrogen and oxygen atoms in total. The number of ether oxygens (including phenoxy) is 2. The fraction of sp³-hybridized carbons (Fsp3) is 0.516. The number of halogens is 2. The Balaban J connectivity index is 1.59. The third kappa shape index (κ3) is 6.31. The van der Waals surface area contributed by atoms with E-state index in [9.17, 15) is 38.1 Å². The zero-order valence-corrected chi connectivity index (χ0v) is 27.7. The molecule has 6 atom stereocenters. The van der Waals surface area contributed by atoms with Crippen LogP contribution in [0.2, 0.25) is 0 Å². The van der Waals surface area contributed by atoms with Gasteiger partial charge in [0.15, 0.2) is 23.6 Å². The second-order valence-corrected chi connectivity index (χ2v) is 14.2. The molecule has 0 spiro atoms. The van der Waals surface area contributed by atoms with Crippen LogP contribution in [0.25, 0.3) is 0 Å². The number of rotatable bonds is 10. The molecule has 15 heteroatoms. The van der Waals surface area contributed by atoms with Crippen LogP contribution in [0.15, 0.2) is 24.3 Å². The summed E-state index contributed by atoms with van der Waals surface area (Å²) >= 11 is 12.1. The van der Waals surface area contributed by atoms with E-state index in [1.54, 1.807) is 19.1 Å². The molecular formula is C31H35Cl2NO11S. The maximum Gasteiger partial charge on any atom is 0.264 e. The first-order valence-electron chi connectivity index (χ1n) is 14.7. The van der Waals surface area contributed by atoms with Gasteiger partial charge in [-0.15, -0.1) is 23.2 Å². The van der Waals surface area contributed by atoms with Crippen molar-refractivity contribution in [2.24, 2.45) is 0 Å². The van der Waals surface area contributed by atoms with Gasteiger partial charge in [-0.3, -0.25) is 23.5 Å². The molecule has 2 aliphatic carbocycles. The molecule has 0 unspecified atom stereocenters. The van der Waals surface area contributed by atoms with Crippen LogP contribution in [0.5, 0.6) is 11.5 Å². The third-order valence-electron chi connectivity index (χ3n) is 8.89. The van der Waals surface area contributed by atoms with Gasteiger partial charge in [0.1, 0.15) is 23.2 Å². The Morgan fingerprint density at radius 3 is 2.15 bits per heavy atom. The zero-order valence-electron chi connectivity index (χ0n) is 25.4. The van der Waals surface area contributed by atoms with E-state index in [1.165, 1.54) is 19.1 Å². The van der Waals surface area contributed by atoms with Crippen LogP contribution in [-0.4, -0.2) is 107 Å². The van der Waals surface area contributed by atoms with Crippen molar-refractivity contribution < 1.29 is 51.8 Å². The number of Topliss-reactive ketones (excluding diaryl/α,β-unsaturated/α-hetero) is 1. The van der Waals surface area contributed by atoms with Crippen molar-refractivity contribution in [2.75, 3.05) is 31.1 Å². The van der Waals surface area contributed by atoms with Crippen molar-refractivity contribution in [2.45, 2.75) is 69.4 Å². The van der Waals surface area contributed by atoms with Crippen molar-refractivity contribution in [1.82, 2.24) is 4.90 Å². The summed E-state index contributed by atoms with van der Waals surface area (Å²) in [7, 11) is -3.92. The number of nitrogens with zero attached hydrogens (tertiary/aromatic N) is 1. The summed E-state index contributed by atoms with van der Waals surface area (Å²) in [6.45, 7) is 3.43. The first-order valence-corrected chi connectivity index (χ1v) is 17.6. The molecular weight excluding hydrogens is 665 g/mol. The zero-order chi connectivity index (χ0) is 33.7. The van der Waals surface area contributed by atoms with Gasteiger partial charge in [0.05, 0.1) is 29.6 Å². The van der Waals surface area contributed by atoms with Gasteiger partial charge in [-0.2, -0.15) is 8.42 Å². The second kappa shape index (κ2) is 13.1. The number of phenolic OH excluding ortho intramolecular Hbond substituents is 2. The molecule has 1 heterocycles. The van der Waals surface area contributed by atoms with Gasteiger partial charge in [-0.25, -0.2) is 0 Å². The fourth-order valence-corrected chi connectivity index (χ4v) is 7.84. The first-order chi connectivity index (χ1) is 21.6. The lowest BCUT2D eigenvalue weighted by atomic mass is 9.72. The van der Waals surface area contributed by atoms with Crippen molar-refractivity contribution in [3.63, 3.8) is 0 Å². The van der Waals surface area contributed by atoms with Crippen molar-refractivity contribution in [1.29, 1.82) is 0 Å². The number of phenols is 2. The van der Waals surface area contributed by atoms with Gasteiger partial charge in [0, 0.05) is 72.4 Å². The molecule has 1 fully saturated rings. The minimum Gasteiger partial charge on any atom is -0.507 e. The molecule has 5 rings (SSSR count). The standard InChI is InChI=1S/C31H35Cl2NO11S/c1-15-30(45-46(3,41)42)20(34(10-8-32)11-9-33)12-22(43-15)44-21-14-31(40,16(2)35)13-19-23(21)29(39)25-24(28(19)38)26(36)17-6-4-5-7-18(17)27(25)37/h4-7,15,20-22,30,38-40H,8-14H2,1-3H3/t15-,20-,21-,22-,30+,31-/m0/s1. The quantitative estimate of drug-likeness (QED) is 0.160. The number of hydrogen-bond acceptors (Lipinski definition) is 12. The highest BCUT2D eigenvalue weighted by molar-refractivity contribution is 7.86. The van der Waals surface area contributed by atoms with E-state index in [1.807, 2.05) is 4.90 Å². The molecule has 3 N–H and O–H groups in total. The Morgan fingerprint density at radius 1 is 1.07 bits per heavy atom. The summed E-state index contributed by atoms with van der Waals surface area (Å²) in [5, 5.41) is 34.6. The molecule has 3 aliphatic rings. The summed E-state index contributed by atoms with van der Waals surface area (Å²) in [4.78, 5) is 41.7. The molecule has 250 valence electrons. The Hall–Kier alpha value is -2.62. The Bertz CT molecular complexity index is 1680. The second-order valence-electron chi connectivity index (χ2n) is 11.9. The topological polar surface area (TPSA) is 177 Å². The van der Waals surface area contributed by atoms with Gasteiger partial charge in [-0.1, -0.05) is 24.3 Å². The highest BCUT2D eigenvalue weighted by atomic mass is 35.5. The summed E-state index contributed by atoms with van der Waals surface area (Å²) in [5.74, 6) is -2.88. The van der Waals surface area contributed by atoms with Gasteiger partial charge >= 0.3 is 0 Å². The van der Waals surface area contributed by atoms with Crippen molar-refractivity contribution in [3.8, 4) is 11.5 Å². The number of hydrogen-bond donors (Lipinski definition) is 3. The maximum atomic E-state index is 13.6. The number of aromatic hydroxyl groups is 2. The normalized spacial score (nSPS) is 27.7. The molecule has 2 aromatic carbocycles. The summed E-state index contributed by atoms with van der Waals surface area (Å²) < 4.78 is 42.2. The van der Waals surface area contributed by atoms with Gasteiger partial charge < -0.3 is 24.8 Å². The lowest BCUT2D eigenvalue weighted by Gasteiger charge is -2.46. The van der Waals surface area contributed by atoms with E-state index in [0.717, 1.165) is 6.26 Å². The smallest absolute Gasteiger partial charge is 0.264 e. The van der Waals surface area contributed by atoms with E-state index in [4.69, 9.17) is 36.9 Å². The largest absolute Gasteiger partial charge is 0.507 e. The number of ketones is 3. The molecule has 0 bridgehead atoms. The predicted octanol–water partition coefficient (Wildman–Crippen LogP) is 2.83. The lowest BCUT2D eigenvalue weighted by molar-refractivity contribution is -0.254. The van der Waals surface area contributed by atoms with E-state index < -0.39 is 92.8 Å². The Labute approximate surface area is 276 Å². The molecule has 0 saturated carbocycles. The van der Waals surface area contributed by atoms with E-state index in [-0.39, 0.29) is 46.9 Å². The number of alkyl halides is 2. The summed E-state index contributed by atoms with van der Waals surface area (Å²) in [6, 6.07) is 5.38. The van der Waals surface area contributed by atoms with Crippen LogP contribution in [-0.2, 0) is 35.0 Å². The van der Waals surface area contributed by atoms with E-state index in [2.05, 4.69) is 0 Å². The highest BCUT2D eigenvalue weighted by Gasteiger charge is 2.50. The number of aliphatic hydroxyl groups is 1. The molecule has 46 heavy (non-hydrogen) atoms. The Morgan fingerprint density at radius 2 is 1.63 bits per heavy atom. The Kier molecular flexibility index (Phi) is 9.90. The molecule has 0 aromatic heterocycles. The summed E-state index contributed by atoms with van der Waals surface area (Å²) in [5.41, 5.74) is -2.99. The van der Waals surface area contributed by atoms with Gasteiger partial charge in [-0.05, 0) is 13.8 Å². The predicted molar refractivity (Wildman–Crippen MR) is 166 cm³/mol. The minimum absolute atomic E-state index is 0.0190. The number of carbonyl (C=O) groups is 3. The first kappa shape index (κ1) is 34.7.